The first-order valence-electron chi connectivity index (χ1n) is 9.51. The van der Waals surface area contributed by atoms with Crippen molar-refractivity contribution in [2.45, 2.75) is 6.42 Å². The van der Waals surface area contributed by atoms with Crippen molar-refractivity contribution in [2.75, 3.05) is 5.32 Å². The summed E-state index contributed by atoms with van der Waals surface area (Å²) in [5.74, 6) is -1.55. The van der Waals surface area contributed by atoms with Crippen molar-refractivity contribution in [2.24, 2.45) is 4.99 Å². The number of anilines is 1. The second kappa shape index (κ2) is 7.56. The second-order valence-corrected chi connectivity index (χ2v) is 7.04. The van der Waals surface area contributed by atoms with E-state index in [2.05, 4.69) is 20.6 Å². The third kappa shape index (κ3) is 3.71. The number of hydrogen-bond acceptors (Lipinski definition) is 4. The van der Waals surface area contributed by atoms with Crippen molar-refractivity contribution in [3.05, 3.63) is 90.3 Å². The minimum atomic E-state index is -0.672. The SMILES string of the molecule is O=C1CC(c2cccc(-n3ccnn3)c2)=Nc2ccc(-c3ccc(F)cc3F)cc2N1. The molecule has 5 rings (SSSR count). The highest BCUT2D eigenvalue weighted by Crippen LogP contribution is 2.34. The molecule has 4 aromatic rings. The predicted molar refractivity (Wildman–Crippen MR) is 113 cm³/mol. The summed E-state index contributed by atoms with van der Waals surface area (Å²) in [6.07, 6.45) is 3.39. The quantitative estimate of drug-likeness (QED) is 0.528. The molecule has 0 unspecified atom stereocenters. The number of nitrogens with zero attached hydrogens (tertiary/aromatic N) is 4. The van der Waals surface area contributed by atoms with E-state index in [1.54, 1.807) is 35.3 Å². The van der Waals surface area contributed by atoms with E-state index in [1.165, 1.54) is 12.1 Å². The molecule has 0 saturated carbocycles. The smallest absolute Gasteiger partial charge is 0.230 e. The Morgan fingerprint density at radius 2 is 1.87 bits per heavy atom. The van der Waals surface area contributed by atoms with Gasteiger partial charge in [-0.1, -0.05) is 23.4 Å². The Labute approximate surface area is 175 Å². The number of hydrogen-bond donors (Lipinski definition) is 1. The van der Waals surface area contributed by atoms with Crippen molar-refractivity contribution >= 4 is 23.0 Å². The van der Waals surface area contributed by atoms with Crippen molar-refractivity contribution < 1.29 is 13.6 Å². The highest BCUT2D eigenvalue weighted by molar-refractivity contribution is 6.17. The third-order valence-corrected chi connectivity index (χ3v) is 4.96. The van der Waals surface area contributed by atoms with Gasteiger partial charge in [0.25, 0.3) is 0 Å². The lowest BCUT2D eigenvalue weighted by molar-refractivity contribution is -0.115. The molecule has 1 aliphatic heterocycles. The molecular formula is C23H15F2N5O. The van der Waals surface area contributed by atoms with Crippen LogP contribution in [0.3, 0.4) is 0 Å². The van der Waals surface area contributed by atoms with E-state index in [9.17, 15) is 13.6 Å². The van der Waals surface area contributed by atoms with Crippen LogP contribution in [0.1, 0.15) is 12.0 Å². The molecule has 0 aliphatic carbocycles. The van der Waals surface area contributed by atoms with Crippen molar-refractivity contribution in [3.63, 3.8) is 0 Å². The number of nitrogens with one attached hydrogen (secondary N) is 1. The van der Waals surface area contributed by atoms with Gasteiger partial charge in [0.2, 0.25) is 5.91 Å². The van der Waals surface area contributed by atoms with Gasteiger partial charge in [0.1, 0.15) is 11.6 Å². The molecule has 0 bridgehead atoms. The molecule has 1 N–H and O–H groups in total. The number of carbonyl (C=O) groups is 1. The minimum absolute atomic E-state index is 0.0791. The van der Waals surface area contributed by atoms with E-state index in [0.717, 1.165) is 17.3 Å². The Morgan fingerprint density at radius 1 is 0.968 bits per heavy atom. The van der Waals surface area contributed by atoms with E-state index in [4.69, 9.17) is 0 Å². The van der Waals surface area contributed by atoms with E-state index in [-0.39, 0.29) is 17.9 Å². The number of fused-ring (bicyclic) bond motifs is 1. The van der Waals surface area contributed by atoms with Gasteiger partial charge >= 0.3 is 0 Å². The number of carbonyl (C=O) groups excluding carboxylic acids is 1. The Kier molecular flexibility index (Phi) is 4.59. The normalized spacial score (nSPS) is 13.2. The Morgan fingerprint density at radius 3 is 2.68 bits per heavy atom. The zero-order valence-corrected chi connectivity index (χ0v) is 16.1. The fraction of sp³-hybridized carbons (Fsp3) is 0.0435. The summed E-state index contributed by atoms with van der Waals surface area (Å²) in [5, 5.41) is 10.6. The standard InChI is InChI=1S/C23H15F2N5O/c24-16-5-6-18(19(25)12-16)14-4-7-20-22(11-14)28-23(31)13-21(27-20)15-2-1-3-17(10-15)30-9-8-26-29-30/h1-12H,13H2,(H,28,31). The summed E-state index contributed by atoms with van der Waals surface area (Å²) in [4.78, 5) is 17.2. The van der Waals surface area contributed by atoms with Crippen molar-refractivity contribution in [3.8, 4) is 16.8 Å². The third-order valence-electron chi connectivity index (χ3n) is 4.96. The molecule has 6 nitrogen and oxygen atoms in total. The van der Waals surface area contributed by atoms with E-state index >= 15 is 0 Å². The Hall–Kier alpha value is -4.20. The maximum Gasteiger partial charge on any atom is 0.230 e. The second-order valence-electron chi connectivity index (χ2n) is 7.04. The summed E-state index contributed by atoms with van der Waals surface area (Å²) < 4.78 is 29.1. The molecule has 31 heavy (non-hydrogen) atoms. The zero-order chi connectivity index (χ0) is 21.4. The Bertz CT molecular complexity index is 1330. The van der Waals surface area contributed by atoms with Crippen LogP contribution >= 0.6 is 0 Å². The summed E-state index contributed by atoms with van der Waals surface area (Å²) in [6, 6.07) is 15.9. The van der Waals surface area contributed by atoms with Crippen LogP contribution < -0.4 is 5.32 Å². The molecule has 152 valence electrons. The van der Waals surface area contributed by atoms with Gasteiger partial charge in [0.15, 0.2) is 0 Å². The van der Waals surface area contributed by atoms with Gasteiger partial charge in [0.05, 0.1) is 41.6 Å². The number of rotatable bonds is 3. The highest BCUT2D eigenvalue weighted by Gasteiger charge is 2.19. The van der Waals surface area contributed by atoms with Gasteiger partial charge in [-0.05, 0) is 47.5 Å². The average molecular weight is 415 g/mol. The molecule has 0 spiro atoms. The maximum absolute atomic E-state index is 14.2. The number of aromatic nitrogens is 3. The van der Waals surface area contributed by atoms with Crippen molar-refractivity contribution in [1.82, 2.24) is 15.0 Å². The van der Waals surface area contributed by atoms with E-state index in [1.807, 2.05) is 24.3 Å². The summed E-state index contributed by atoms with van der Waals surface area (Å²) in [6.45, 7) is 0. The molecule has 1 amide bonds. The lowest BCUT2D eigenvalue weighted by Crippen LogP contribution is -2.15. The van der Waals surface area contributed by atoms with Crippen LogP contribution in [-0.2, 0) is 4.79 Å². The zero-order valence-electron chi connectivity index (χ0n) is 16.1. The van der Waals surface area contributed by atoms with Gasteiger partial charge < -0.3 is 5.32 Å². The number of halogens is 2. The average Bonchev–Trinajstić information content (AvgIpc) is 3.24. The van der Waals surface area contributed by atoms with Gasteiger partial charge in [-0.25, -0.2) is 13.5 Å². The topological polar surface area (TPSA) is 72.2 Å². The van der Waals surface area contributed by atoms with Gasteiger partial charge in [-0.2, -0.15) is 0 Å². The number of amides is 1. The molecule has 1 aromatic heterocycles. The van der Waals surface area contributed by atoms with Crippen LogP contribution in [-0.4, -0.2) is 26.6 Å². The lowest BCUT2D eigenvalue weighted by atomic mass is 10.0. The molecule has 0 fully saturated rings. The fourth-order valence-corrected chi connectivity index (χ4v) is 3.50. The molecule has 0 atom stereocenters. The monoisotopic (exact) mass is 415 g/mol. The first kappa shape index (κ1) is 18.8. The van der Waals surface area contributed by atoms with Crippen LogP contribution in [0.4, 0.5) is 20.2 Å². The molecular weight excluding hydrogens is 400 g/mol. The van der Waals surface area contributed by atoms with E-state index in [0.29, 0.717) is 22.6 Å². The van der Waals surface area contributed by atoms with Crippen LogP contribution in [0.5, 0.6) is 0 Å². The van der Waals surface area contributed by atoms with Crippen molar-refractivity contribution in [1.29, 1.82) is 0 Å². The van der Waals surface area contributed by atoms with Crippen LogP contribution in [0, 0.1) is 11.6 Å². The van der Waals surface area contributed by atoms with E-state index < -0.39 is 11.6 Å². The maximum atomic E-state index is 14.2. The van der Waals surface area contributed by atoms with Crippen LogP contribution in [0.15, 0.2) is 78.0 Å². The van der Waals surface area contributed by atoms with Crippen LogP contribution in [0.2, 0.25) is 0 Å². The predicted octanol–water partition coefficient (Wildman–Crippen LogP) is 4.68. The number of benzene rings is 3. The first-order chi connectivity index (χ1) is 15.1. The molecule has 2 heterocycles. The summed E-state index contributed by atoms with van der Waals surface area (Å²) in [5.41, 5.74) is 3.95. The molecule has 0 saturated heterocycles. The molecule has 3 aromatic carbocycles. The lowest BCUT2D eigenvalue weighted by Gasteiger charge is -2.09. The summed E-state index contributed by atoms with van der Waals surface area (Å²) in [7, 11) is 0. The molecule has 1 aliphatic rings. The first-order valence-corrected chi connectivity index (χ1v) is 9.51. The van der Waals surface area contributed by atoms with Gasteiger partial charge in [0, 0.05) is 11.6 Å². The Balaban J connectivity index is 1.55. The molecule has 8 heteroatoms. The van der Waals surface area contributed by atoms with Crippen LogP contribution in [0.25, 0.3) is 16.8 Å². The largest absolute Gasteiger partial charge is 0.324 e. The fourth-order valence-electron chi connectivity index (χ4n) is 3.50. The molecule has 0 radical (unpaired) electrons. The van der Waals surface area contributed by atoms with Gasteiger partial charge in [-0.15, -0.1) is 5.10 Å². The minimum Gasteiger partial charge on any atom is -0.324 e. The number of aliphatic imine (C=N–C) groups is 1. The highest BCUT2D eigenvalue weighted by atomic mass is 19.1. The summed E-state index contributed by atoms with van der Waals surface area (Å²) >= 11 is 0. The van der Waals surface area contributed by atoms with Gasteiger partial charge in [-0.3, -0.25) is 9.79 Å².